The summed E-state index contributed by atoms with van der Waals surface area (Å²) in [4.78, 5) is 46.2. The molecule has 0 unspecified atom stereocenters. The van der Waals surface area contributed by atoms with Gasteiger partial charge in [-0.25, -0.2) is 4.79 Å². The Kier molecular flexibility index (Phi) is 7.31. The van der Waals surface area contributed by atoms with E-state index in [-0.39, 0.29) is 27.9 Å². The fourth-order valence-corrected chi connectivity index (χ4v) is 2.87. The third-order valence-corrected chi connectivity index (χ3v) is 4.25. The molecule has 0 fully saturated rings. The second-order valence-electron chi connectivity index (χ2n) is 5.54. The number of allylic oxidation sites excluding steroid dienone is 1. The number of nitrogens with one attached hydrogen (secondary N) is 2. The largest absolute Gasteiger partial charge is 0.454 e. The Morgan fingerprint density at radius 3 is 2.47 bits per heavy atom. The Hall–Kier alpha value is -3.67. The quantitative estimate of drug-likeness (QED) is 0.427. The van der Waals surface area contributed by atoms with Gasteiger partial charge in [-0.3, -0.25) is 14.4 Å². The minimum atomic E-state index is -5.01. The number of ketones is 1. The van der Waals surface area contributed by atoms with Crippen molar-refractivity contribution in [2.24, 2.45) is 5.73 Å². The Balaban J connectivity index is 1.98. The normalized spacial score (nSPS) is 11.2. The van der Waals surface area contributed by atoms with Gasteiger partial charge in [0.1, 0.15) is 5.00 Å². The highest BCUT2D eigenvalue weighted by Gasteiger charge is 2.36. The molecule has 158 valence electrons. The number of amides is 2. The average molecular weight is 441 g/mol. The maximum absolute atomic E-state index is 12.2. The number of halogens is 3. The molecule has 0 aliphatic carbocycles. The molecule has 0 radical (unpaired) electrons. The van der Waals surface area contributed by atoms with Gasteiger partial charge in [0.15, 0.2) is 6.61 Å². The average Bonchev–Trinajstić information content (AvgIpc) is 3.14. The zero-order chi connectivity index (χ0) is 22.3. The van der Waals surface area contributed by atoms with E-state index < -0.39 is 36.4 Å². The second-order valence-corrected chi connectivity index (χ2v) is 6.45. The molecule has 1 aromatic carbocycles. The molecule has 0 atom stereocenters. The number of para-hydroxylation sites is 1. The minimum absolute atomic E-state index is 0.0587. The standard InChI is InChI=1S/C18H14F3N3O5S/c19-18(20,21)13(25)5-7-23-12-4-2-1-3-10(12)17(28)29-9-14(26)24-16-11(15(22)27)6-8-30-16/h1-8,23H,9H2,(H2,22,27)(H,24,26). The summed E-state index contributed by atoms with van der Waals surface area (Å²) in [6.45, 7) is -0.689. The number of esters is 1. The number of ether oxygens (including phenoxy) is 1. The fraction of sp³-hybridized carbons (Fsp3) is 0.111. The molecule has 30 heavy (non-hydrogen) atoms. The summed E-state index contributed by atoms with van der Waals surface area (Å²) in [5.74, 6) is -4.48. The molecule has 0 aliphatic rings. The molecule has 8 nitrogen and oxygen atoms in total. The first-order valence-electron chi connectivity index (χ1n) is 8.07. The van der Waals surface area contributed by atoms with E-state index in [9.17, 15) is 32.3 Å². The molecule has 0 saturated heterocycles. The maximum Gasteiger partial charge on any atom is 0.454 e. The topological polar surface area (TPSA) is 128 Å². The van der Waals surface area contributed by atoms with Gasteiger partial charge in [0.05, 0.1) is 16.8 Å². The van der Waals surface area contributed by atoms with Crippen molar-refractivity contribution in [3.8, 4) is 0 Å². The van der Waals surface area contributed by atoms with Crippen molar-refractivity contribution in [3.05, 3.63) is 59.1 Å². The molecule has 0 saturated carbocycles. The van der Waals surface area contributed by atoms with Gasteiger partial charge in [0.25, 0.3) is 17.6 Å². The van der Waals surface area contributed by atoms with Crippen LogP contribution in [0.15, 0.2) is 48.0 Å². The zero-order valence-electron chi connectivity index (χ0n) is 15.0. The number of primary amides is 1. The van der Waals surface area contributed by atoms with Gasteiger partial charge in [-0.05, 0) is 23.6 Å². The number of thiophene rings is 1. The lowest BCUT2D eigenvalue weighted by Gasteiger charge is -2.10. The highest BCUT2D eigenvalue weighted by atomic mass is 32.1. The third-order valence-electron chi connectivity index (χ3n) is 3.42. The molecule has 0 spiro atoms. The monoisotopic (exact) mass is 441 g/mol. The minimum Gasteiger partial charge on any atom is -0.452 e. The number of alkyl halides is 3. The van der Waals surface area contributed by atoms with Crippen LogP contribution in [0, 0.1) is 0 Å². The molecule has 2 amide bonds. The van der Waals surface area contributed by atoms with Crippen LogP contribution < -0.4 is 16.4 Å². The summed E-state index contributed by atoms with van der Waals surface area (Å²) in [5, 5.41) is 6.51. The van der Waals surface area contributed by atoms with Crippen LogP contribution in [0.1, 0.15) is 20.7 Å². The number of carbonyl (C=O) groups excluding carboxylic acids is 4. The number of hydrogen-bond acceptors (Lipinski definition) is 7. The van der Waals surface area contributed by atoms with Crippen LogP contribution in [-0.4, -0.2) is 36.4 Å². The first-order valence-corrected chi connectivity index (χ1v) is 8.95. The van der Waals surface area contributed by atoms with Crippen LogP contribution in [0.3, 0.4) is 0 Å². The van der Waals surface area contributed by atoms with Crippen LogP contribution >= 0.6 is 11.3 Å². The predicted octanol–water partition coefficient (Wildman–Crippen LogP) is 2.70. The van der Waals surface area contributed by atoms with Crippen LogP contribution in [0.4, 0.5) is 23.9 Å². The molecule has 12 heteroatoms. The lowest BCUT2D eigenvalue weighted by molar-refractivity contribution is -0.165. The van der Waals surface area contributed by atoms with Crippen molar-refractivity contribution in [2.45, 2.75) is 6.18 Å². The molecule has 1 heterocycles. The van der Waals surface area contributed by atoms with E-state index in [4.69, 9.17) is 10.5 Å². The van der Waals surface area contributed by atoms with E-state index in [1.807, 2.05) is 0 Å². The SMILES string of the molecule is NC(=O)c1ccsc1NC(=O)COC(=O)c1ccccc1NC=CC(=O)C(F)(F)F. The number of benzene rings is 1. The van der Waals surface area contributed by atoms with Crippen molar-refractivity contribution in [1.82, 2.24) is 0 Å². The Morgan fingerprint density at radius 1 is 1.10 bits per heavy atom. The van der Waals surface area contributed by atoms with Gasteiger partial charge in [0.2, 0.25) is 0 Å². The van der Waals surface area contributed by atoms with Gasteiger partial charge >= 0.3 is 12.1 Å². The van der Waals surface area contributed by atoms with Crippen molar-refractivity contribution >= 4 is 45.6 Å². The lowest BCUT2D eigenvalue weighted by Crippen LogP contribution is -2.22. The maximum atomic E-state index is 12.2. The van der Waals surface area contributed by atoms with Gasteiger partial charge in [-0.15, -0.1) is 11.3 Å². The van der Waals surface area contributed by atoms with E-state index in [0.29, 0.717) is 0 Å². The highest BCUT2D eigenvalue weighted by Crippen LogP contribution is 2.23. The lowest BCUT2D eigenvalue weighted by atomic mass is 10.2. The Morgan fingerprint density at radius 2 is 1.80 bits per heavy atom. The number of hydrogen-bond donors (Lipinski definition) is 3. The summed E-state index contributed by atoms with van der Waals surface area (Å²) < 4.78 is 41.5. The van der Waals surface area contributed by atoms with E-state index in [0.717, 1.165) is 17.5 Å². The van der Waals surface area contributed by atoms with Crippen molar-refractivity contribution < 1.29 is 37.1 Å². The number of carbonyl (C=O) groups is 4. The molecule has 2 aromatic rings. The molecule has 4 N–H and O–H groups in total. The smallest absolute Gasteiger partial charge is 0.452 e. The molecule has 2 rings (SSSR count). The fourth-order valence-electron chi connectivity index (χ4n) is 2.06. The summed E-state index contributed by atoms with van der Waals surface area (Å²) in [7, 11) is 0. The Labute approximate surface area is 171 Å². The van der Waals surface area contributed by atoms with Gasteiger partial charge in [0, 0.05) is 12.3 Å². The summed E-state index contributed by atoms with van der Waals surface area (Å²) in [6, 6.07) is 7.06. The van der Waals surface area contributed by atoms with E-state index in [1.54, 1.807) is 5.38 Å². The molecule has 0 bridgehead atoms. The first kappa shape index (κ1) is 22.6. The van der Waals surface area contributed by atoms with Crippen LogP contribution in [0.25, 0.3) is 0 Å². The summed E-state index contributed by atoms with van der Waals surface area (Å²) in [6.07, 6.45) is -4.01. The molecule has 0 aliphatic heterocycles. The molecule has 1 aromatic heterocycles. The molecular formula is C18H14F3N3O5S. The van der Waals surface area contributed by atoms with Crippen LogP contribution in [0.5, 0.6) is 0 Å². The van der Waals surface area contributed by atoms with Crippen molar-refractivity contribution in [2.75, 3.05) is 17.2 Å². The van der Waals surface area contributed by atoms with E-state index in [1.165, 1.54) is 30.3 Å². The summed E-state index contributed by atoms with van der Waals surface area (Å²) in [5.41, 5.74) is 5.25. The number of anilines is 2. The van der Waals surface area contributed by atoms with Gasteiger partial charge in [-0.1, -0.05) is 12.1 Å². The number of nitrogens with two attached hydrogens (primary N) is 1. The predicted molar refractivity (Wildman–Crippen MR) is 102 cm³/mol. The van der Waals surface area contributed by atoms with Crippen LogP contribution in [0.2, 0.25) is 0 Å². The highest BCUT2D eigenvalue weighted by molar-refractivity contribution is 7.14. The van der Waals surface area contributed by atoms with E-state index in [2.05, 4.69) is 10.6 Å². The van der Waals surface area contributed by atoms with Crippen LogP contribution in [-0.2, 0) is 14.3 Å². The van der Waals surface area contributed by atoms with E-state index >= 15 is 0 Å². The molecular weight excluding hydrogens is 427 g/mol. The summed E-state index contributed by atoms with van der Waals surface area (Å²) >= 11 is 1.05. The van der Waals surface area contributed by atoms with Crippen molar-refractivity contribution in [1.29, 1.82) is 0 Å². The Bertz CT molecular complexity index is 1000. The number of rotatable bonds is 8. The third kappa shape index (κ3) is 6.17. The first-order chi connectivity index (χ1) is 14.1. The van der Waals surface area contributed by atoms with Gasteiger partial charge < -0.3 is 21.1 Å². The van der Waals surface area contributed by atoms with Gasteiger partial charge in [-0.2, -0.15) is 13.2 Å². The van der Waals surface area contributed by atoms with Crippen molar-refractivity contribution in [3.63, 3.8) is 0 Å². The zero-order valence-corrected chi connectivity index (χ0v) is 15.8. The second kappa shape index (κ2) is 9.69.